The van der Waals surface area contributed by atoms with Gasteiger partial charge in [0.2, 0.25) is 15.9 Å². The van der Waals surface area contributed by atoms with Gasteiger partial charge in [0.05, 0.1) is 11.4 Å². The minimum Gasteiger partial charge on any atom is -0.360 e. The Morgan fingerprint density at radius 2 is 1.83 bits per heavy atom. The van der Waals surface area contributed by atoms with Crippen molar-refractivity contribution in [1.82, 2.24) is 9.46 Å². The number of rotatable bonds is 6. The van der Waals surface area contributed by atoms with Gasteiger partial charge in [-0.25, -0.2) is 8.42 Å². The van der Waals surface area contributed by atoms with E-state index in [0.29, 0.717) is 5.76 Å². The maximum Gasteiger partial charge on any atom is 0.243 e. The van der Waals surface area contributed by atoms with Crippen molar-refractivity contribution in [2.75, 3.05) is 11.9 Å². The Balaban J connectivity index is 1.63. The molecule has 1 aliphatic carbocycles. The van der Waals surface area contributed by atoms with E-state index in [1.165, 1.54) is 4.31 Å². The molecule has 7 nitrogen and oxygen atoms in total. The average Bonchev–Trinajstić information content (AvgIpc) is 3.16. The van der Waals surface area contributed by atoms with Crippen LogP contribution in [0, 0.1) is 6.92 Å². The molecule has 1 aliphatic rings. The van der Waals surface area contributed by atoms with Crippen LogP contribution in [0.4, 0.5) is 5.82 Å². The zero-order valence-electron chi connectivity index (χ0n) is 16.9. The van der Waals surface area contributed by atoms with Gasteiger partial charge in [-0.05, 0) is 42.7 Å². The first-order valence-corrected chi connectivity index (χ1v) is 11.6. The fourth-order valence-electron chi connectivity index (χ4n) is 3.99. The van der Waals surface area contributed by atoms with Crippen LogP contribution in [-0.2, 0) is 14.8 Å². The van der Waals surface area contributed by atoms with Crippen molar-refractivity contribution in [2.24, 2.45) is 0 Å². The lowest BCUT2D eigenvalue weighted by Crippen LogP contribution is -2.45. The second kappa shape index (κ2) is 8.57. The van der Waals surface area contributed by atoms with Crippen LogP contribution in [-0.4, -0.2) is 36.4 Å². The average molecular weight is 428 g/mol. The number of aromatic nitrogens is 1. The molecule has 0 spiro atoms. The number of hydrogen-bond donors (Lipinski definition) is 1. The summed E-state index contributed by atoms with van der Waals surface area (Å²) >= 11 is 0. The van der Waals surface area contributed by atoms with Crippen molar-refractivity contribution in [1.29, 1.82) is 0 Å². The molecule has 4 rings (SSSR count). The van der Waals surface area contributed by atoms with Crippen LogP contribution in [0.1, 0.15) is 37.9 Å². The van der Waals surface area contributed by atoms with Crippen LogP contribution in [0.15, 0.2) is 57.9 Å². The van der Waals surface area contributed by atoms with Gasteiger partial charge in [-0.1, -0.05) is 54.8 Å². The Morgan fingerprint density at radius 3 is 2.53 bits per heavy atom. The Morgan fingerprint density at radius 1 is 1.10 bits per heavy atom. The van der Waals surface area contributed by atoms with Crippen LogP contribution in [0.25, 0.3) is 10.8 Å². The van der Waals surface area contributed by atoms with Crippen molar-refractivity contribution >= 4 is 32.5 Å². The molecule has 2 aromatic carbocycles. The monoisotopic (exact) mass is 427 g/mol. The van der Waals surface area contributed by atoms with E-state index in [1.807, 2.05) is 24.3 Å². The summed E-state index contributed by atoms with van der Waals surface area (Å²) in [6, 6.07) is 14.1. The lowest BCUT2D eigenvalue weighted by molar-refractivity contribution is -0.116. The molecule has 30 heavy (non-hydrogen) atoms. The quantitative estimate of drug-likeness (QED) is 0.639. The summed E-state index contributed by atoms with van der Waals surface area (Å²) in [6.07, 6.45) is 4.51. The summed E-state index contributed by atoms with van der Waals surface area (Å²) in [5, 5.41) is 8.21. The lowest BCUT2D eigenvalue weighted by Gasteiger charge is -2.33. The van der Waals surface area contributed by atoms with Crippen LogP contribution < -0.4 is 5.32 Å². The summed E-state index contributed by atoms with van der Waals surface area (Å²) in [6.45, 7) is 1.47. The summed E-state index contributed by atoms with van der Waals surface area (Å²) in [4.78, 5) is 12.9. The number of hydrogen-bond acceptors (Lipinski definition) is 5. The fourth-order valence-corrected chi connectivity index (χ4v) is 5.67. The van der Waals surface area contributed by atoms with Crippen LogP contribution in [0.2, 0.25) is 0 Å². The molecular weight excluding hydrogens is 402 g/mol. The molecule has 0 bridgehead atoms. The van der Waals surface area contributed by atoms with Crippen LogP contribution in [0.3, 0.4) is 0 Å². The van der Waals surface area contributed by atoms with Crippen molar-refractivity contribution in [3.63, 3.8) is 0 Å². The maximum absolute atomic E-state index is 13.6. The maximum atomic E-state index is 13.6. The first-order valence-electron chi connectivity index (χ1n) is 10.2. The molecule has 1 amide bonds. The number of anilines is 1. The molecule has 1 saturated carbocycles. The molecule has 1 aromatic heterocycles. The van der Waals surface area contributed by atoms with E-state index in [4.69, 9.17) is 4.52 Å². The zero-order valence-corrected chi connectivity index (χ0v) is 17.7. The van der Waals surface area contributed by atoms with Gasteiger partial charge in [-0.2, -0.15) is 4.31 Å². The molecule has 8 heteroatoms. The Labute approximate surface area is 176 Å². The smallest absolute Gasteiger partial charge is 0.243 e. The van der Waals surface area contributed by atoms with Crippen LogP contribution >= 0.6 is 0 Å². The van der Waals surface area contributed by atoms with Gasteiger partial charge in [-0.15, -0.1) is 0 Å². The molecule has 0 atom stereocenters. The number of carbonyl (C=O) groups is 1. The molecule has 0 unspecified atom stereocenters. The summed E-state index contributed by atoms with van der Waals surface area (Å²) in [7, 11) is -3.85. The normalized spacial score (nSPS) is 15.5. The van der Waals surface area contributed by atoms with Gasteiger partial charge in [0, 0.05) is 12.1 Å². The van der Waals surface area contributed by atoms with E-state index in [0.717, 1.165) is 42.9 Å². The number of benzene rings is 2. The Kier molecular flexibility index (Phi) is 5.87. The van der Waals surface area contributed by atoms with Gasteiger partial charge in [-0.3, -0.25) is 4.79 Å². The van der Waals surface area contributed by atoms with E-state index >= 15 is 0 Å². The highest BCUT2D eigenvalue weighted by atomic mass is 32.2. The molecule has 158 valence electrons. The van der Waals surface area contributed by atoms with Crippen molar-refractivity contribution < 1.29 is 17.7 Å². The highest BCUT2D eigenvalue weighted by Gasteiger charge is 2.34. The summed E-state index contributed by atoms with van der Waals surface area (Å²) in [5.41, 5.74) is 0. The minimum absolute atomic E-state index is 0.194. The number of carbonyl (C=O) groups excluding carboxylic acids is 1. The summed E-state index contributed by atoms with van der Waals surface area (Å²) in [5.74, 6) is 0.417. The van der Waals surface area contributed by atoms with Crippen molar-refractivity contribution in [3.8, 4) is 0 Å². The first-order chi connectivity index (χ1) is 14.4. The third kappa shape index (κ3) is 4.39. The lowest BCUT2D eigenvalue weighted by atomic mass is 9.95. The summed E-state index contributed by atoms with van der Waals surface area (Å²) < 4.78 is 33.5. The molecule has 0 aliphatic heterocycles. The third-order valence-electron chi connectivity index (χ3n) is 5.50. The van der Waals surface area contributed by atoms with Gasteiger partial charge in [0.25, 0.3) is 0 Å². The van der Waals surface area contributed by atoms with Gasteiger partial charge in [0.15, 0.2) is 5.82 Å². The van der Waals surface area contributed by atoms with E-state index < -0.39 is 15.9 Å². The molecule has 1 fully saturated rings. The second-order valence-corrected chi connectivity index (χ2v) is 9.61. The number of nitrogens with one attached hydrogen (secondary N) is 1. The second-order valence-electron chi connectivity index (χ2n) is 7.72. The Hall–Kier alpha value is -2.71. The van der Waals surface area contributed by atoms with Gasteiger partial charge in [0.1, 0.15) is 5.76 Å². The predicted octanol–water partition coefficient (Wildman–Crippen LogP) is 4.10. The zero-order chi connectivity index (χ0) is 21.1. The van der Waals surface area contributed by atoms with Gasteiger partial charge >= 0.3 is 0 Å². The highest BCUT2D eigenvalue weighted by molar-refractivity contribution is 7.89. The molecular formula is C22H25N3O4S. The third-order valence-corrected chi connectivity index (χ3v) is 7.40. The number of sulfonamides is 1. The molecule has 3 aromatic rings. The molecule has 0 saturated heterocycles. The predicted molar refractivity (Wildman–Crippen MR) is 115 cm³/mol. The fraction of sp³-hybridized carbons (Fsp3) is 0.364. The molecule has 0 radical (unpaired) electrons. The van der Waals surface area contributed by atoms with Crippen molar-refractivity contribution in [2.45, 2.75) is 50.0 Å². The number of fused-ring (bicyclic) bond motifs is 1. The van der Waals surface area contributed by atoms with Crippen molar-refractivity contribution in [3.05, 3.63) is 54.3 Å². The number of amides is 1. The standard InChI is InChI=1S/C22H25N3O4S/c1-16-13-21(24-29-16)23-22(26)15-25(19-9-3-2-4-10-19)30(27,28)20-12-11-17-7-5-6-8-18(17)14-20/h5-8,11-14,19H,2-4,9-10,15H2,1H3,(H,23,24,26). The first kappa shape index (κ1) is 20.6. The topological polar surface area (TPSA) is 92.5 Å². The van der Waals surface area contributed by atoms with E-state index in [9.17, 15) is 13.2 Å². The van der Waals surface area contributed by atoms with E-state index in [2.05, 4.69) is 10.5 Å². The number of nitrogens with zero attached hydrogens (tertiary/aromatic N) is 2. The minimum atomic E-state index is -3.85. The van der Waals surface area contributed by atoms with E-state index in [1.54, 1.807) is 31.2 Å². The van der Waals surface area contributed by atoms with E-state index in [-0.39, 0.29) is 23.3 Å². The largest absolute Gasteiger partial charge is 0.360 e. The van der Waals surface area contributed by atoms with Crippen LogP contribution in [0.5, 0.6) is 0 Å². The number of aryl methyl sites for hydroxylation is 1. The van der Waals surface area contributed by atoms with Gasteiger partial charge < -0.3 is 9.84 Å². The Bertz CT molecular complexity index is 1150. The SMILES string of the molecule is Cc1cc(NC(=O)CN(C2CCCCC2)S(=O)(=O)c2ccc3ccccc3c2)no1. The highest BCUT2D eigenvalue weighted by Crippen LogP contribution is 2.29. The molecule has 1 N–H and O–H groups in total. The molecule has 1 heterocycles.